The molecule has 0 heterocycles. The van der Waals surface area contributed by atoms with Crippen molar-refractivity contribution in [2.75, 3.05) is 25.6 Å². The van der Waals surface area contributed by atoms with Gasteiger partial charge in [0.1, 0.15) is 0 Å². The van der Waals surface area contributed by atoms with Crippen molar-refractivity contribution in [1.82, 2.24) is 0 Å². The zero-order valence-electron chi connectivity index (χ0n) is 17.7. The van der Waals surface area contributed by atoms with Gasteiger partial charge in [0.15, 0.2) is 18.1 Å². The molecule has 1 amide bonds. The number of carbonyl (C=O) groups is 2. The number of carbonyl (C=O) groups excluding carboxylic acids is 2. The highest BCUT2D eigenvalue weighted by molar-refractivity contribution is 5.96. The Kier molecular flexibility index (Phi) is 8.07. The highest BCUT2D eigenvalue weighted by atomic mass is 16.5. The van der Waals surface area contributed by atoms with Crippen LogP contribution >= 0.6 is 0 Å². The van der Waals surface area contributed by atoms with Crippen molar-refractivity contribution in [2.24, 2.45) is 5.92 Å². The second-order valence-electron chi connectivity index (χ2n) is 7.34. The van der Waals surface area contributed by atoms with E-state index in [1.807, 2.05) is 32.0 Å². The minimum absolute atomic E-state index is 0.289. The van der Waals surface area contributed by atoms with Crippen LogP contribution in [0.4, 0.5) is 5.69 Å². The van der Waals surface area contributed by atoms with Crippen LogP contribution in [0.1, 0.15) is 41.8 Å². The van der Waals surface area contributed by atoms with Crippen LogP contribution in [-0.2, 0) is 9.53 Å². The molecule has 0 saturated carbocycles. The summed E-state index contributed by atoms with van der Waals surface area (Å²) >= 11 is 0. The second kappa shape index (κ2) is 10.5. The van der Waals surface area contributed by atoms with E-state index in [1.165, 1.54) is 7.11 Å². The minimum atomic E-state index is -0.604. The fourth-order valence-corrected chi connectivity index (χ4v) is 2.59. The van der Waals surface area contributed by atoms with Crippen molar-refractivity contribution >= 4 is 17.6 Å². The Hall–Kier alpha value is -3.02. The molecule has 0 unspecified atom stereocenters. The first-order valence-corrected chi connectivity index (χ1v) is 9.65. The van der Waals surface area contributed by atoms with Gasteiger partial charge in [-0.25, -0.2) is 4.79 Å². The van der Waals surface area contributed by atoms with Crippen LogP contribution in [0.25, 0.3) is 0 Å². The lowest BCUT2D eigenvalue weighted by atomic mass is 10.1. The lowest BCUT2D eigenvalue weighted by molar-refractivity contribution is -0.119. The maximum atomic E-state index is 12.3. The predicted molar refractivity (Wildman–Crippen MR) is 113 cm³/mol. The third-order valence-corrected chi connectivity index (χ3v) is 4.35. The van der Waals surface area contributed by atoms with Crippen LogP contribution < -0.4 is 14.8 Å². The van der Waals surface area contributed by atoms with Crippen LogP contribution in [0.2, 0.25) is 0 Å². The van der Waals surface area contributed by atoms with Crippen molar-refractivity contribution in [3.63, 3.8) is 0 Å². The lowest BCUT2D eigenvalue weighted by Crippen LogP contribution is -2.21. The van der Waals surface area contributed by atoms with Crippen LogP contribution in [0, 0.1) is 19.8 Å². The van der Waals surface area contributed by atoms with Gasteiger partial charge in [-0.05, 0) is 61.6 Å². The summed E-state index contributed by atoms with van der Waals surface area (Å²) < 4.78 is 16.2. The molecular weight excluding hydrogens is 370 g/mol. The largest absolute Gasteiger partial charge is 0.493 e. The lowest BCUT2D eigenvalue weighted by Gasteiger charge is -2.13. The van der Waals surface area contributed by atoms with Gasteiger partial charge in [-0.15, -0.1) is 0 Å². The minimum Gasteiger partial charge on any atom is -0.493 e. The first kappa shape index (κ1) is 22.3. The molecule has 0 fully saturated rings. The van der Waals surface area contributed by atoms with Gasteiger partial charge in [0, 0.05) is 5.69 Å². The molecule has 2 aromatic carbocycles. The number of ether oxygens (including phenoxy) is 3. The van der Waals surface area contributed by atoms with Gasteiger partial charge in [0.05, 0.1) is 19.3 Å². The van der Waals surface area contributed by atoms with E-state index in [0.29, 0.717) is 29.7 Å². The standard InChI is InChI=1S/C23H29NO5/c1-15(2)10-11-28-20-9-8-18(13-21(20)27-5)23(26)29-14-22(25)24-19-12-16(3)6-7-17(19)4/h6-9,12-13,15H,10-11,14H2,1-5H3,(H,24,25). The van der Waals surface area contributed by atoms with Gasteiger partial charge in [-0.1, -0.05) is 26.0 Å². The summed E-state index contributed by atoms with van der Waals surface area (Å²) in [6.07, 6.45) is 0.919. The number of methoxy groups -OCH3 is 1. The molecule has 2 rings (SSSR count). The number of amides is 1. The molecule has 6 nitrogen and oxygen atoms in total. The van der Waals surface area contributed by atoms with Gasteiger partial charge in [-0.2, -0.15) is 0 Å². The highest BCUT2D eigenvalue weighted by Gasteiger charge is 2.15. The molecule has 6 heteroatoms. The topological polar surface area (TPSA) is 73.9 Å². The van der Waals surface area contributed by atoms with Gasteiger partial charge >= 0.3 is 5.97 Å². The molecular formula is C23H29NO5. The number of benzene rings is 2. The summed E-state index contributed by atoms with van der Waals surface area (Å²) in [5.74, 6) is 0.547. The maximum Gasteiger partial charge on any atom is 0.338 e. The van der Waals surface area contributed by atoms with Crippen molar-refractivity contribution in [3.8, 4) is 11.5 Å². The summed E-state index contributed by atoms with van der Waals surface area (Å²) in [6, 6.07) is 10.6. The van der Waals surface area contributed by atoms with Crippen LogP contribution in [0.3, 0.4) is 0 Å². The summed E-state index contributed by atoms with van der Waals surface area (Å²) in [5, 5.41) is 2.76. The van der Waals surface area contributed by atoms with Crippen LogP contribution in [0.15, 0.2) is 36.4 Å². The fraction of sp³-hybridized carbons (Fsp3) is 0.391. The van der Waals surface area contributed by atoms with E-state index in [2.05, 4.69) is 19.2 Å². The fourth-order valence-electron chi connectivity index (χ4n) is 2.59. The van der Waals surface area contributed by atoms with Gasteiger partial charge < -0.3 is 19.5 Å². The van der Waals surface area contributed by atoms with Crippen molar-refractivity contribution in [3.05, 3.63) is 53.1 Å². The van der Waals surface area contributed by atoms with E-state index in [9.17, 15) is 9.59 Å². The highest BCUT2D eigenvalue weighted by Crippen LogP contribution is 2.28. The van der Waals surface area contributed by atoms with E-state index in [1.54, 1.807) is 18.2 Å². The molecule has 0 bridgehead atoms. The number of rotatable bonds is 9. The molecule has 0 saturated heterocycles. The predicted octanol–water partition coefficient (Wildman–Crippen LogP) is 4.53. The second-order valence-corrected chi connectivity index (χ2v) is 7.34. The van der Waals surface area contributed by atoms with E-state index in [-0.39, 0.29) is 12.2 Å². The number of nitrogens with one attached hydrogen (secondary N) is 1. The molecule has 0 radical (unpaired) electrons. The number of anilines is 1. The SMILES string of the molecule is COc1cc(C(=O)OCC(=O)Nc2cc(C)ccc2C)ccc1OCCC(C)C. The number of aryl methyl sites for hydroxylation is 2. The Morgan fingerprint density at radius 3 is 2.48 bits per heavy atom. The Balaban J connectivity index is 1.94. The first-order chi connectivity index (χ1) is 13.8. The zero-order valence-corrected chi connectivity index (χ0v) is 17.7. The number of hydrogen-bond donors (Lipinski definition) is 1. The molecule has 0 spiro atoms. The van der Waals surface area contributed by atoms with Gasteiger partial charge in [0.25, 0.3) is 5.91 Å². The van der Waals surface area contributed by atoms with E-state index < -0.39 is 11.9 Å². The quantitative estimate of drug-likeness (QED) is 0.627. The van der Waals surface area contributed by atoms with E-state index >= 15 is 0 Å². The molecule has 29 heavy (non-hydrogen) atoms. The van der Waals surface area contributed by atoms with E-state index in [4.69, 9.17) is 14.2 Å². The molecule has 0 aliphatic heterocycles. The van der Waals surface area contributed by atoms with Crippen LogP contribution in [-0.4, -0.2) is 32.2 Å². The Morgan fingerprint density at radius 2 is 1.79 bits per heavy atom. The average molecular weight is 399 g/mol. The molecule has 0 aliphatic rings. The molecule has 1 N–H and O–H groups in total. The Labute approximate surface area is 172 Å². The summed E-state index contributed by atoms with van der Waals surface area (Å²) in [7, 11) is 1.51. The van der Waals surface area contributed by atoms with Gasteiger partial charge in [0.2, 0.25) is 0 Å². The zero-order chi connectivity index (χ0) is 21.4. The number of hydrogen-bond acceptors (Lipinski definition) is 5. The molecule has 2 aromatic rings. The van der Waals surface area contributed by atoms with Gasteiger partial charge in [-0.3, -0.25) is 4.79 Å². The van der Waals surface area contributed by atoms with Crippen molar-refractivity contribution in [1.29, 1.82) is 0 Å². The van der Waals surface area contributed by atoms with Crippen molar-refractivity contribution in [2.45, 2.75) is 34.1 Å². The third-order valence-electron chi connectivity index (χ3n) is 4.35. The molecule has 0 aromatic heterocycles. The maximum absolute atomic E-state index is 12.3. The molecule has 0 atom stereocenters. The normalized spacial score (nSPS) is 10.6. The Bertz CT molecular complexity index is 860. The molecule has 0 aliphatic carbocycles. The average Bonchev–Trinajstić information content (AvgIpc) is 2.68. The Morgan fingerprint density at radius 1 is 1.03 bits per heavy atom. The summed E-state index contributed by atoms with van der Waals surface area (Å²) in [4.78, 5) is 24.4. The number of esters is 1. The summed E-state index contributed by atoms with van der Waals surface area (Å²) in [5.41, 5.74) is 2.96. The van der Waals surface area contributed by atoms with Crippen LogP contribution in [0.5, 0.6) is 11.5 Å². The third kappa shape index (κ3) is 6.82. The molecule has 156 valence electrons. The van der Waals surface area contributed by atoms with Crippen molar-refractivity contribution < 1.29 is 23.8 Å². The first-order valence-electron chi connectivity index (χ1n) is 9.65. The monoisotopic (exact) mass is 399 g/mol. The smallest absolute Gasteiger partial charge is 0.338 e. The van der Waals surface area contributed by atoms with E-state index in [0.717, 1.165) is 17.5 Å². The summed E-state index contributed by atoms with van der Waals surface area (Å²) in [6.45, 7) is 8.28.